The van der Waals surface area contributed by atoms with Crippen molar-refractivity contribution in [3.8, 4) is 23.0 Å². The van der Waals surface area contributed by atoms with Crippen molar-refractivity contribution in [1.82, 2.24) is 0 Å². The molecule has 0 saturated heterocycles. The summed E-state index contributed by atoms with van der Waals surface area (Å²) >= 11 is 1.69. The van der Waals surface area contributed by atoms with E-state index in [4.69, 9.17) is 23.9 Å². The fraction of sp³-hybridized carbons (Fsp3) is 0.433. The van der Waals surface area contributed by atoms with Gasteiger partial charge in [-0.2, -0.15) is 11.8 Å². The van der Waals surface area contributed by atoms with Gasteiger partial charge in [-0.3, -0.25) is 14.6 Å². The summed E-state index contributed by atoms with van der Waals surface area (Å²) in [7, 11) is 4.64. The van der Waals surface area contributed by atoms with Gasteiger partial charge < -0.3 is 24.1 Å². The van der Waals surface area contributed by atoms with Crippen LogP contribution in [0.3, 0.4) is 0 Å². The summed E-state index contributed by atoms with van der Waals surface area (Å²) < 4.78 is 21.7. The predicted octanol–water partition coefficient (Wildman–Crippen LogP) is 5.29. The number of esters is 1. The number of rotatable bonds is 10. The molecular weight excluding hydrogens is 518 g/mol. The average Bonchev–Trinajstić information content (AvgIpc) is 2.93. The first-order valence-corrected chi connectivity index (χ1v) is 14.1. The third kappa shape index (κ3) is 5.93. The summed E-state index contributed by atoms with van der Waals surface area (Å²) in [5.74, 6) is 1.09. The molecule has 2 aliphatic rings. The number of aromatic hydroxyl groups is 1. The quantitative estimate of drug-likeness (QED) is 0.313. The van der Waals surface area contributed by atoms with E-state index in [2.05, 4.69) is 6.92 Å². The van der Waals surface area contributed by atoms with E-state index in [0.717, 1.165) is 11.3 Å². The van der Waals surface area contributed by atoms with Gasteiger partial charge in [0.2, 0.25) is 0 Å². The molecule has 208 valence electrons. The second kappa shape index (κ2) is 12.6. The van der Waals surface area contributed by atoms with Crippen LogP contribution in [0.15, 0.2) is 52.7 Å². The number of ketones is 1. The van der Waals surface area contributed by atoms with Crippen LogP contribution in [0.5, 0.6) is 23.0 Å². The molecule has 1 N–H and O–H groups in total. The van der Waals surface area contributed by atoms with E-state index < -0.39 is 17.8 Å². The van der Waals surface area contributed by atoms with Crippen LogP contribution in [0, 0.1) is 5.92 Å². The highest BCUT2D eigenvalue weighted by atomic mass is 32.2. The summed E-state index contributed by atoms with van der Waals surface area (Å²) in [5, 5.41) is 10.6. The molecule has 0 bridgehead atoms. The van der Waals surface area contributed by atoms with Gasteiger partial charge in [0.25, 0.3) is 0 Å². The number of phenolic OH excluding ortho intramolecular Hbond substituents is 1. The number of thioether (sulfide) groups is 1. The second-order valence-corrected chi connectivity index (χ2v) is 10.9. The molecule has 2 aromatic rings. The number of hydrogen-bond donors (Lipinski definition) is 1. The topological polar surface area (TPSA) is 104 Å². The Balaban J connectivity index is 1.74. The van der Waals surface area contributed by atoms with E-state index in [1.165, 1.54) is 7.11 Å². The van der Waals surface area contributed by atoms with Crippen LogP contribution in [0.25, 0.3) is 0 Å². The molecule has 0 saturated carbocycles. The number of hydrogen-bond acceptors (Lipinski definition) is 9. The number of benzene rings is 2. The van der Waals surface area contributed by atoms with Gasteiger partial charge in [-0.15, -0.1) is 0 Å². The Hall–Kier alpha value is -3.46. The normalized spacial score (nSPS) is 20.7. The van der Waals surface area contributed by atoms with Crippen molar-refractivity contribution in [2.24, 2.45) is 10.9 Å². The fourth-order valence-electron chi connectivity index (χ4n) is 5.40. The number of ether oxygens (including phenoxy) is 4. The van der Waals surface area contributed by atoms with Gasteiger partial charge in [0.15, 0.2) is 28.8 Å². The van der Waals surface area contributed by atoms with E-state index in [1.54, 1.807) is 51.1 Å². The number of nitrogens with zero attached hydrogens (tertiary/aromatic N) is 1. The molecule has 1 aliphatic heterocycles. The lowest BCUT2D eigenvalue weighted by Crippen LogP contribution is -2.38. The van der Waals surface area contributed by atoms with Crippen LogP contribution in [0.4, 0.5) is 0 Å². The van der Waals surface area contributed by atoms with Crippen LogP contribution in [-0.2, 0) is 14.3 Å². The Labute approximate surface area is 233 Å². The predicted molar refractivity (Wildman–Crippen MR) is 152 cm³/mol. The zero-order valence-corrected chi connectivity index (χ0v) is 23.8. The van der Waals surface area contributed by atoms with E-state index in [-0.39, 0.29) is 30.5 Å². The molecule has 8 nitrogen and oxygen atoms in total. The summed E-state index contributed by atoms with van der Waals surface area (Å²) in [6.07, 6.45) is 0.790. The van der Waals surface area contributed by atoms with E-state index in [0.29, 0.717) is 52.0 Å². The third-order valence-electron chi connectivity index (χ3n) is 7.26. The smallest absolute Gasteiger partial charge is 0.315 e. The maximum Gasteiger partial charge on any atom is 0.315 e. The molecule has 0 radical (unpaired) electrons. The molecular formula is C30H35NO7S. The highest BCUT2D eigenvalue weighted by Gasteiger charge is 2.45. The molecule has 39 heavy (non-hydrogen) atoms. The number of allylic oxidation sites excluding steroid dienone is 2. The number of carbonyl (C=O) groups is 2. The van der Waals surface area contributed by atoms with Crippen molar-refractivity contribution in [3.63, 3.8) is 0 Å². The summed E-state index contributed by atoms with van der Waals surface area (Å²) in [6, 6.07) is 10.7. The van der Waals surface area contributed by atoms with Gasteiger partial charge in [0.1, 0.15) is 12.5 Å². The lowest BCUT2D eigenvalue weighted by atomic mass is 9.69. The third-order valence-corrected chi connectivity index (χ3v) is 8.12. The van der Waals surface area contributed by atoms with Gasteiger partial charge in [-0.25, -0.2) is 0 Å². The van der Waals surface area contributed by atoms with Crippen molar-refractivity contribution in [1.29, 1.82) is 0 Å². The van der Waals surface area contributed by atoms with Crippen molar-refractivity contribution in [2.75, 3.05) is 39.4 Å². The van der Waals surface area contributed by atoms with E-state index >= 15 is 0 Å². The fourth-order valence-corrected chi connectivity index (χ4v) is 5.89. The molecule has 4 rings (SSSR count). The molecule has 9 heteroatoms. The largest absolute Gasteiger partial charge is 0.504 e. The Morgan fingerprint density at radius 3 is 2.36 bits per heavy atom. The number of Topliss-reactive ketones (excluding diaryl/α,β-unsaturated/α-hetero) is 1. The van der Waals surface area contributed by atoms with Gasteiger partial charge in [-0.1, -0.05) is 19.1 Å². The number of carbonyl (C=O) groups excluding carboxylic acids is 2. The van der Waals surface area contributed by atoms with Gasteiger partial charge >= 0.3 is 5.97 Å². The molecule has 1 aliphatic carbocycles. The first-order chi connectivity index (χ1) is 18.8. The average molecular weight is 554 g/mol. The molecule has 0 aromatic heterocycles. The minimum Gasteiger partial charge on any atom is -0.504 e. The Kier molecular flexibility index (Phi) is 9.22. The van der Waals surface area contributed by atoms with Crippen LogP contribution in [-0.4, -0.2) is 62.0 Å². The van der Waals surface area contributed by atoms with Crippen LogP contribution in [0.1, 0.15) is 49.7 Å². The maximum atomic E-state index is 13.8. The monoisotopic (exact) mass is 553 g/mol. The highest BCUT2D eigenvalue weighted by molar-refractivity contribution is 7.99. The van der Waals surface area contributed by atoms with E-state index in [1.807, 2.05) is 18.2 Å². The van der Waals surface area contributed by atoms with Gasteiger partial charge in [-0.05, 0) is 60.4 Å². The summed E-state index contributed by atoms with van der Waals surface area (Å²) in [5.41, 5.74) is 3.34. The Bertz CT molecular complexity index is 1300. The molecule has 1 unspecified atom stereocenters. The van der Waals surface area contributed by atoms with Gasteiger partial charge in [0, 0.05) is 35.1 Å². The Morgan fingerprint density at radius 1 is 1.00 bits per heavy atom. The first-order valence-electron chi connectivity index (χ1n) is 13.0. The SMILES string of the molecule is CCSCCOC(=O)C1C(C)=NC2=C(C(=O)C[C@H](c3ccc(OC)c(OC)c3)C2)[C@@H]1c1ccc(OC)c(O)c1. The molecule has 0 fully saturated rings. The molecule has 0 spiro atoms. The number of aliphatic imine (C=N–C) groups is 1. The molecule has 3 atom stereocenters. The van der Waals surface area contributed by atoms with Crippen molar-refractivity contribution in [2.45, 2.75) is 38.5 Å². The number of phenols is 1. The minimum atomic E-state index is -0.773. The van der Waals surface area contributed by atoms with Crippen molar-refractivity contribution in [3.05, 3.63) is 58.8 Å². The van der Waals surface area contributed by atoms with Gasteiger partial charge in [0.05, 0.1) is 21.3 Å². The first kappa shape index (κ1) is 28.5. The number of methoxy groups -OCH3 is 3. The van der Waals surface area contributed by atoms with Crippen LogP contribution < -0.4 is 14.2 Å². The standard InChI is InChI=1S/C30H35NO7S/c1-6-39-12-11-38-30(34)27-17(2)31-21-13-20(18-7-10-25(36-4)26(16-18)37-5)15-23(33)29(21)28(27)19-8-9-24(35-3)22(32)14-19/h7-10,14,16,20,27-28,32H,6,11-13,15H2,1-5H3/t20-,27?,28-/m1/s1. The second-order valence-electron chi connectivity index (χ2n) is 9.51. The summed E-state index contributed by atoms with van der Waals surface area (Å²) in [4.78, 5) is 32.0. The zero-order chi connectivity index (χ0) is 28.1. The van der Waals surface area contributed by atoms with Crippen molar-refractivity contribution < 1.29 is 33.6 Å². The lowest BCUT2D eigenvalue weighted by molar-refractivity contribution is -0.145. The molecule has 2 aromatic carbocycles. The Morgan fingerprint density at radius 2 is 1.69 bits per heavy atom. The minimum absolute atomic E-state index is 0.0600. The molecule has 0 amide bonds. The van der Waals surface area contributed by atoms with Crippen LogP contribution >= 0.6 is 11.8 Å². The molecule has 1 heterocycles. The van der Waals surface area contributed by atoms with Crippen molar-refractivity contribution >= 4 is 29.2 Å². The maximum absolute atomic E-state index is 13.8. The zero-order valence-electron chi connectivity index (χ0n) is 23.0. The summed E-state index contributed by atoms with van der Waals surface area (Å²) in [6.45, 7) is 4.13. The lowest BCUT2D eigenvalue weighted by Gasteiger charge is -2.36. The van der Waals surface area contributed by atoms with E-state index in [9.17, 15) is 14.7 Å². The van der Waals surface area contributed by atoms with Crippen LogP contribution in [0.2, 0.25) is 0 Å². The highest BCUT2D eigenvalue weighted by Crippen LogP contribution is 2.48.